The Morgan fingerprint density at radius 3 is 2.50 bits per heavy atom. The van der Waals surface area contributed by atoms with Gasteiger partial charge in [0.05, 0.1) is 0 Å². The fourth-order valence-electron chi connectivity index (χ4n) is 2.98. The molecule has 1 aromatic carbocycles. The van der Waals surface area contributed by atoms with Gasteiger partial charge < -0.3 is 20.1 Å². The highest BCUT2D eigenvalue weighted by Gasteiger charge is 2.42. The van der Waals surface area contributed by atoms with Crippen molar-refractivity contribution in [3.63, 3.8) is 0 Å². The third-order valence-corrected chi connectivity index (χ3v) is 4.41. The quantitative estimate of drug-likeness (QED) is 0.838. The van der Waals surface area contributed by atoms with E-state index in [0.29, 0.717) is 19.4 Å². The molecule has 2 unspecified atom stereocenters. The highest BCUT2D eigenvalue weighted by molar-refractivity contribution is 5.90. The van der Waals surface area contributed by atoms with Crippen molar-refractivity contribution in [2.24, 2.45) is 5.41 Å². The minimum atomic E-state index is -1.02. The number of carboxylic acid groups (broad SMARTS) is 1. The van der Waals surface area contributed by atoms with Crippen LogP contribution in [0.2, 0.25) is 0 Å². The van der Waals surface area contributed by atoms with Crippen LogP contribution in [0.4, 0.5) is 4.79 Å². The number of hydrogen-bond acceptors (Lipinski definition) is 4. The number of amides is 2. The Hall–Kier alpha value is -2.57. The average Bonchev–Trinajstić information content (AvgIpc) is 3.07. The molecule has 142 valence electrons. The van der Waals surface area contributed by atoms with Crippen LogP contribution in [0, 0.1) is 5.41 Å². The number of carbonyl (C=O) groups is 3. The van der Waals surface area contributed by atoms with Gasteiger partial charge in [-0.05, 0) is 23.8 Å². The van der Waals surface area contributed by atoms with Crippen molar-refractivity contribution >= 4 is 18.0 Å². The highest BCUT2D eigenvalue weighted by Crippen LogP contribution is 2.26. The molecule has 2 N–H and O–H groups in total. The van der Waals surface area contributed by atoms with Crippen molar-refractivity contribution in [2.75, 3.05) is 6.54 Å². The summed E-state index contributed by atoms with van der Waals surface area (Å²) in [7, 11) is 0. The Balaban J connectivity index is 2.04. The number of nitrogens with one attached hydrogen (secondary N) is 1. The Kier molecular flexibility index (Phi) is 6.23. The molecule has 1 aliphatic rings. The van der Waals surface area contributed by atoms with E-state index in [0.717, 1.165) is 5.56 Å². The van der Waals surface area contributed by atoms with Gasteiger partial charge in [-0.2, -0.15) is 0 Å². The first kappa shape index (κ1) is 19.8. The summed E-state index contributed by atoms with van der Waals surface area (Å²) in [6, 6.07) is 7.52. The van der Waals surface area contributed by atoms with E-state index in [1.165, 1.54) is 4.90 Å². The Morgan fingerprint density at radius 2 is 1.92 bits per heavy atom. The minimum Gasteiger partial charge on any atom is -0.480 e. The van der Waals surface area contributed by atoms with Crippen LogP contribution in [0.25, 0.3) is 0 Å². The van der Waals surface area contributed by atoms with Gasteiger partial charge in [0, 0.05) is 6.54 Å². The van der Waals surface area contributed by atoms with Gasteiger partial charge in [-0.15, -0.1) is 0 Å². The summed E-state index contributed by atoms with van der Waals surface area (Å²) >= 11 is 0. The second-order valence-corrected chi connectivity index (χ2v) is 7.53. The van der Waals surface area contributed by atoms with Crippen molar-refractivity contribution < 1.29 is 24.2 Å². The first-order valence-corrected chi connectivity index (χ1v) is 8.70. The smallest absolute Gasteiger partial charge is 0.408 e. The molecule has 1 saturated heterocycles. The van der Waals surface area contributed by atoms with Gasteiger partial charge in [-0.1, -0.05) is 51.1 Å². The standard InChI is InChI=1S/C19H26N2O5/c1-19(2,3)15(16(22)21-11-7-10-14(21)17(23)24)20-18(25)26-12-13-8-5-4-6-9-13/h4-6,8-9,14-15H,7,10-12H2,1-3H3,(H,20,25)(H,23,24). The van der Waals surface area contributed by atoms with E-state index in [1.54, 1.807) is 0 Å². The number of rotatable bonds is 5. The molecule has 1 aliphatic heterocycles. The van der Waals surface area contributed by atoms with E-state index < -0.39 is 29.6 Å². The number of benzene rings is 1. The number of aliphatic carboxylic acids is 1. The second-order valence-electron chi connectivity index (χ2n) is 7.53. The molecule has 1 fully saturated rings. The van der Waals surface area contributed by atoms with Gasteiger partial charge in [0.2, 0.25) is 5.91 Å². The fourth-order valence-corrected chi connectivity index (χ4v) is 2.98. The lowest BCUT2D eigenvalue weighted by Gasteiger charge is -2.34. The molecule has 0 spiro atoms. The molecule has 2 atom stereocenters. The zero-order valence-corrected chi connectivity index (χ0v) is 15.4. The van der Waals surface area contributed by atoms with Gasteiger partial charge in [-0.3, -0.25) is 4.79 Å². The van der Waals surface area contributed by atoms with E-state index in [2.05, 4.69) is 5.32 Å². The van der Waals surface area contributed by atoms with Gasteiger partial charge >= 0.3 is 12.1 Å². The molecule has 26 heavy (non-hydrogen) atoms. The molecule has 0 radical (unpaired) electrons. The number of hydrogen-bond donors (Lipinski definition) is 2. The summed E-state index contributed by atoms with van der Waals surface area (Å²) in [5.41, 5.74) is 0.251. The summed E-state index contributed by atoms with van der Waals surface area (Å²) < 4.78 is 5.20. The number of ether oxygens (including phenoxy) is 1. The van der Waals surface area contributed by atoms with Crippen LogP contribution in [0.1, 0.15) is 39.2 Å². The summed E-state index contributed by atoms with van der Waals surface area (Å²) in [6.07, 6.45) is 0.363. The normalized spacial score (nSPS) is 18.3. The number of carbonyl (C=O) groups excluding carboxylic acids is 2. The highest BCUT2D eigenvalue weighted by atomic mass is 16.5. The maximum absolute atomic E-state index is 12.9. The predicted molar refractivity (Wildman–Crippen MR) is 95.4 cm³/mol. The number of carboxylic acids is 1. The molecule has 1 aromatic rings. The largest absolute Gasteiger partial charge is 0.480 e. The molecule has 7 nitrogen and oxygen atoms in total. The molecule has 7 heteroatoms. The SMILES string of the molecule is CC(C)(C)C(NC(=O)OCc1ccccc1)C(=O)N1CCCC1C(=O)O. The van der Waals surface area contributed by atoms with E-state index >= 15 is 0 Å². The summed E-state index contributed by atoms with van der Waals surface area (Å²) in [4.78, 5) is 37.8. The molecule has 0 aliphatic carbocycles. The lowest BCUT2D eigenvalue weighted by molar-refractivity contribution is -0.150. The predicted octanol–water partition coefficient (Wildman–Crippen LogP) is 2.40. The first-order chi connectivity index (χ1) is 12.2. The van der Waals surface area contributed by atoms with Crippen molar-refractivity contribution in [1.82, 2.24) is 10.2 Å². The van der Waals surface area contributed by atoms with Crippen LogP contribution in [-0.4, -0.2) is 46.6 Å². The van der Waals surface area contributed by atoms with Crippen LogP contribution >= 0.6 is 0 Å². The van der Waals surface area contributed by atoms with Gasteiger partial charge in [0.1, 0.15) is 18.7 Å². The summed E-state index contributed by atoms with van der Waals surface area (Å²) in [5, 5.41) is 11.9. The van der Waals surface area contributed by atoms with Crippen LogP contribution in [0.3, 0.4) is 0 Å². The van der Waals surface area contributed by atoms with Gasteiger partial charge in [0.15, 0.2) is 0 Å². The number of likely N-dealkylation sites (tertiary alicyclic amines) is 1. The lowest BCUT2D eigenvalue weighted by atomic mass is 9.85. The summed E-state index contributed by atoms with van der Waals surface area (Å²) in [5.74, 6) is -1.41. The van der Waals surface area contributed by atoms with E-state index in [4.69, 9.17) is 4.74 Å². The van der Waals surface area contributed by atoms with Crippen LogP contribution in [0.15, 0.2) is 30.3 Å². The average molecular weight is 362 g/mol. The maximum Gasteiger partial charge on any atom is 0.408 e. The number of nitrogens with zero attached hydrogens (tertiary/aromatic N) is 1. The van der Waals surface area contributed by atoms with E-state index in [9.17, 15) is 19.5 Å². The molecular formula is C19H26N2O5. The topological polar surface area (TPSA) is 95.9 Å². The molecule has 1 heterocycles. The lowest BCUT2D eigenvalue weighted by Crippen LogP contribution is -2.56. The van der Waals surface area contributed by atoms with Crippen LogP contribution in [0.5, 0.6) is 0 Å². The molecular weight excluding hydrogens is 336 g/mol. The van der Waals surface area contributed by atoms with E-state index in [1.807, 2.05) is 51.1 Å². The Morgan fingerprint density at radius 1 is 1.27 bits per heavy atom. The second kappa shape index (κ2) is 8.21. The van der Waals surface area contributed by atoms with Gasteiger partial charge in [0.25, 0.3) is 0 Å². The van der Waals surface area contributed by atoms with Crippen molar-refractivity contribution in [3.8, 4) is 0 Å². The Bertz CT molecular complexity index is 654. The molecule has 0 bridgehead atoms. The van der Waals surface area contributed by atoms with E-state index in [-0.39, 0.29) is 12.5 Å². The Labute approximate surface area is 153 Å². The third kappa shape index (κ3) is 4.97. The molecule has 0 saturated carbocycles. The summed E-state index contributed by atoms with van der Waals surface area (Å²) in [6.45, 7) is 5.93. The van der Waals surface area contributed by atoms with Crippen molar-refractivity contribution in [1.29, 1.82) is 0 Å². The van der Waals surface area contributed by atoms with Crippen molar-refractivity contribution in [3.05, 3.63) is 35.9 Å². The van der Waals surface area contributed by atoms with Crippen molar-refractivity contribution in [2.45, 2.75) is 52.3 Å². The molecule has 2 amide bonds. The molecule has 0 aromatic heterocycles. The zero-order valence-electron chi connectivity index (χ0n) is 15.4. The number of alkyl carbamates (subject to hydrolysis) is 1. The van der Waals surface area contributed by atoms with Gasteiger partial charge in [-0.25, -0.2) is 9.59 Å². The minimum absolute atomic E-state index is 0.0964. The monoisotopic (exact) mass is 362 g/mol. The third-order valence-electron chi connectivity index (χ3n) is 4.41. The molecule has 2 rings (SSSR count). The van der Waals surface area contributed by atoms with Crippen LogP contribution in [-0.2, 0) is 20.9 Å². The zero-order chi connectivity index (χ0) is 19.3. The fraction of sp³-hybridized carbons (Fsp3) is 0.526. The van der Waals surface area contributed by atoms with Crippen LogP contribution < -0.4 is 5.32 Å². The maximum atomic E-state index is 12.9. The first-order valence-electron chi connectivity index (χ1n) is 8.70.